The van der Waals surface area contributed by atoms with Crippen LogP contribution in [-0.2, 0) is 0 Å². The second kappa shape index (κ2) is 5.82. The quantitative estimate of drug-likeness (QED) is 0.760. The molecule has 1 aromatic carbocycles. The third-order valence-electron chi connectivity index (χ3n) is 2.11. The van der Waals surface area contributed by atoms with Crippen molar-refractivity contribution in [3.63, 3.8) is 0 Å². The van der Waals surface area contributed by atoms with Crippen LogP contribution in [0.4, 0.5) is 0 Å². The first-order valence-electron chi connectivity index (χ1n) is 5.07. The number of hydrogen-bond acceptors (Lipinski definition) is 2. The van der Waals surface area contributed by atoms with Gasteiger partial charge in [-0.2, -0.15) is 5.26 Å². The molecule has 0 aliphatic rings. The van der Waals surface area contributed by atoms with Gasteiger partial charge in [0.2, 0.25) is 0 Å². The number of benzene rings is 1. The summed E-state index contributed by atoms with van der Waals surface area (Å²) < 4.78 is 0. The third-order valence-corrected chi connectivity index (χ3v) is 2.11. The number of nitrogens with one attached hydrogen (secondary N) is 1. The maximum Gasteiger partial charge on any atom is 0.252 e. The van der Waals surface area contributed by atoms with Gasteiger partial charge in [-0.05, 0) is 18.6 Å². The van der Waals surface area contributed by atoms with Crippen LogP contribution in [0.25, 0.3) is 0 Å². The lowest BCUT2D eigenvalue weighted by Gasteiger charge is -2.05. The molecule has 0 radical (unpaired) electrons. The number of carbonyl (C=O) groups is 1. The summed E-state index contributed by atoms with van der Waals surface area (Å²) in [6.45, 7) is 2.73. The van der Waals surface area contributed by atoms with Crippen LogP contribution < -0.4 is 5.32 Å². The fourth-order valence-electron chi connectivity index (χ4n) is 1.25. The summed E-state index contributed by atoms with van der Waals surface area (Å²) in [6.07, 6.45) is 2.00. The number of rotatable bonds is 4. The maximum atomic E-state index is 11.6. The van der Waals surface area contributed by atoms with Crippen molar-refractivity contribution in [2.24, 2.45) is 0 Å². The molecule has 1 N–H and O–H groups in total. The monoisotopic (exact) mass is 202 g/mol. The fraction of sp³-hybridized carbons (Fsp3) is 0.333. The molecule has 0 atom stereocenters. The van der Waals surface area contributed by atoms with Gasteiger partial charge in [0.1, 0.15) is 0 Å². The first-order valence-corrected chi connectivity index (χ1v) is 5.07. The molecule has 0 heterocycles. The lowest BCUT2D eigenvalue weighted by Crippen LogP contribution is -2.25. The lowest BCUT2D eigenvalue weighted by molar-refractivity contribution is 0.0953. The van der Waals surface area contributed by atoms with Gasteiger partial charge in [0.05, 0.1) is 17.2 Å². The number of carbonyl (C=O) groups excluding carboxylic acids is 1. The molecule has 3 heteroatoms. The molecule has 0 aliphatic heterocycles. The molecule has 1 amide bonds. The van der Waals surface area contributed by atoms with Crippen LogP contribution in [0.5, 0.6) is 0 Å². The van der Waals surface area contributed by atoms with Gasteiger partial charge in [0.15, 0.2) is 0 Å². The Labute approximate surface area is 89.7 Å². The van der Waals surface area contributed by atoms with Crippen LogP contribution in [-0.4, -0.2) is 12.5 Å². The summed E-state index contributed by atoms with van der Waals surface area (Å²) in [4.78, 5) is 11.6. The summed E-state index contributed by atoms with van der Waals surface area (Å²) in [6, 6.07) is 8.83. The second-order valence-electron chi connectivity index (χ2n) is 3.27. The summed E-state index contributed by atoms with van der Waals surface area (Å²) in [5.41, 5.74) is 0.877. The molecule has 0 saturated heterocycles. The Morgan fingerprint density at radius 3 is 2.87 bits per heavy atom. The van der Waals surface area contributed by atoms with E-state index in [1.54, 1.807) is 24.3 Å². The maximum absolute atomic E-state index is 11.6. The molecule has 78 valence electrons. The van der Waals surface area contributed by atoms with E-state index in [1.807, 2.05) is 6.07 Å². The number of amides is 1. The van der Waals surface area contributed by atoms with E-state index in [1.165, 1.54) is 0 Å². The van der Waals surface area contributed by atoms with Crippen molar-refractivity contribution < 1.29 is 4.79 Å². The molecule has 0 unspecified atom stereocenters. The fourth-order valence-corrected chi connectivity index (χ4v) is 1.25. The first kappa shape index (κ1) is 11.3. The van der Waals surface area contributed by atoms with Gasteiger partial charge in [0, 0.05) is 6.54 Å². The van der Waals surface area contributed by atoms with Crippen LogP contribution in [0.3, 0.4) is 0 Å². The molecular weight excluding hydrogens is 188 g/mol. The minimum Gasteiger partial charge on any atom is -0.352 e. The zero-order chi connectivity index (χ0) is 11.1. The van der Waals surface area contributed by atoms with Crippen molar-refractivity contribution in [3.8, 4) is 6.07 Å². The molecule has 0 bridgehead atoms. The van der Waals surface area contributed by atoms with E-state index in [0.717, 1.165) is 12.8 Å². The van der Waals surface area contributed by atoms with E-state index in [0.29, 0.717) is 17.7 Å². The van der Waals surface area contributed by atoms with Crippen molar-refractivity contribution in [3.05, 3.63) is 35.4 Å². The number of nitriles is 1. The predicted octanol–water partition coefficient (Wildman–Crippen LogP) is 2.09. The van der Waals surface area contributed by atoms with Gasteiger partial charge in [-0.15, -0.1) is 0 Å². The standard InChI is InChI=1S/C12H14N2O/c1-2-3-8-14-12(15)11-7-5-4-6-10(11)9-13/h4-7H,2-3,8H2,1H3,(H,14,15). The van der Waals surface area contributed by atoms with Crippen LogP contribution in [0.1, 0.15) is 35.7 Å². The molecule has 3 nitrogen and oxygen atoms in total. The molecule has 0 aromatic heterocycles. The Balaban J connectivity index is 2.70. The summed E-state index contributed by atoms with van der Waals surface area (Å²) in [7, 11) is 0. The Morgan fingerprint density at radius 1 is 1.47 bits per heavy atom. The highest BCUT2D eigenvalue weighted by molar-refractivity contribution is 5.96. The van der Waals surface area contributed by atoms with E-state index in [4.69, 9.17) is 5.26 Å². The molecule has 0 fully saturated rings. The van der Waals surface area contributed by atoms with Gasteiger partial charge in [-0.3, -0.25) is 4.79 Å². The van der Waals surface area contributed by atoms with Gasteiger partial charge < -0.3 is 5.32 Å². The molecule has 0 spiro atoms. The molecule has 1 rings (SSSR count). The average Bonchev–Trinajstić information content (AvgIpc) is 2.29. The largest absolute Gasteiger partial charge is 0.352 e. The molecular formula is C12H14N2O. The normalized spacial score (nSPS) is 9.33. The minimum atomic E-state index is -0.166. The third kappa shape index (κ3) is 3.10. The van der Waals surface area contributed by atoms with Crippen LogP contribution >= 0.6 is 0 Å². The topological polar surface area (TPSA) is 52.9 Å². The highest BCUT2D eigenvalue weighted by Gasteiger charge is 2.08. The Morgan fingerprint density at radius 2 is 2.20 bits per heavy atom. The number of nitrogens with zero attached hydrogens (tertiary/aromatic N) is 1. The van der Waals surface area contributed by atoms with Crippen LogP contribution in [0.15, 0.2) is 24.3 Å². The Hall–Kier alpha value is -1.82. The van der Waals surface area contributed by atoms with Gasteiger partial charge in [0.25, 0.3) is 5.91 Å². The summed E-state index contributed by atoms with van der Waals surface area (Å²) in [5.74, 6) is -0.166. The van der Waals surface area contributed by atoms with Crippen molar-refractivity contribution >= 4 is 5.91 Å². The Kier molecular flexibility index (Phi) is 4.36. The molecule has 0 aliphatic carbocycles. The second-order valence-corrected chi connectivity index (χ2v) is 3.27. The van der Waals surface area contributed by atoms with Gasteiger partial charge in [-0.25, -0.2) is 0 Å². The van der Waals surface area contributed by atoms with Gasteiger partial charge >= 0.3 is 0 Å². The average molecular weight is 202 g/mol. The van der Waals surface area contributed by atoms with Crippen molar-refractivity contribution in [1.82, 2.24) is 5.32 Å². The van der Waals surface area contributed by atoms with E-state index >= 15 is 0 Å². The zero-order valence-corrected chi connectivity index (χ0v) is 8.79. The van der Waals surface area contributed by atoms with Crippen molar-refractivity contribution in [2.75, 3.05) is 6.54 Å². The highest BCUT2D eigenvalue weighted by atomic mass is 16.1. The highest BCUT2D eigenvalue weighted by Crippen LogP contribution is 2.06. The van der Waals surface area contributed by atoms with E-state index < -0.39 is 0 Å². The lowest BCUT2D eigenvalue weighted by atomic mass is 10.1. The molecule has 0 saturated carbocycles. The predicted molar refractivity (Wildman–Crippen MR) is 58.4 cm³/mol. The molecule has 15 heavy (non-hydrogen) atoms. The number of hydrogen-bond donors (Lipinski definition) is 1. The van der Waals surface area contributed by atoms with Crippen molar-refractivity contribution in [1.29, 1.82) is 5.26 Å². The van der Waals surface area contributed by atoms with E-state index in [-0.39, 0.29) is 5.91 Å². The Bertz CT molecular complexity index is 379. The SMILES string of the molecule is CCCCNC(=O)c1ccccc1C#N. The smallest absolute Gasteiger partial charge is 0.252 e. The van der Waals surface area contributed by atoms with E-state index in [2.05, 4.69) is 12.2 Å². The first-order chi connectivity index (χ1) is 7.29. The van der Waals surface area contributed by atoms with Gasteiger partial charge in [-0.1, -0.05) is 25.5 Å². The number of unbranched alkanes of at least 4 members (excludes halogenated alkanes) is 1. The van der Waals surface area contributed by atoms with E-state index in [9.17, 15) is 4.79 Å². The summed E-state index contributed by atoms with van der Waals surface area (Å²) >= 11 is 0. The summed E-state index contributed by atoms with van der Waals surface area (Å²) in [5, 5.41) is 11.6. The zero-order valence-electron chi connectivity index (χ0n) is 8.79. The van der Waals surface area contributed by atoms with Crippen LogP contribution in [0.2, 0.25) is 0 Å². The van der Waals surface area contributed by atoms with Crippen LogP contribution in [0, 0.1) is 11.3 Å². The molecule has 1 aromatic rings. The van der Waals surface area contributed by atoms with Crippen molar-refractivity contribution in [2.45, 2.75) is 19.8 Å². The minimum absolute atomic E-state index is 0.166.